The van der Waals surface area contributed by atoms with Crippen LogP contribution in [0.15, 0.2) is 152 Å². The van der Waals surface area contributed by atoms with Gasteiger partial charge in [0, 0.05) is 43.6 Å². The summed E-state index contributed by atoms with van der Waals surface area (Å²) in [7, 11) is 0. The van der Waals surface area contributed by atoms with Crippen LogP contribution in [0, 0.1) is 0 Å². The molecule has 6 aromatic carbocycles. The third kappa shape index (κ3) is 3.94. The third-order valence-electron chi connectivity index (χ3n) is 8.61. The van der Waals surface area contributed by atoms with Crippen LogP contribution < -0.4 is 0 Å². The fourth-order valence-corrected chi connectivity index (χ4v) is 6.47. The van der Waals surface area contributed by atoms with Crippen molar-refractivity contribution in [3.63, 3.8) is 0 Å². The van der Waals surface area contributed by atoms with Crippen LogP contribution in [0.2, 0.25) is 0 Å². The predicted octanol–water partition coefficient (Wildman–Crippen LogP) is 10.6. The van der Waals surface area contributed by atoms with Gasteiger partial charge in [0.05, 0.1) is 33.6 Å². The first-order valence-corrected chi connectivity index (χ1v) is 14.9. The first-order valence-electron chi connectivity index (χ1n) is 14.9. The Morgan fingerprint density at radius 1 is 0.341 bits per heavy atom. The molecule has 0 aliphatic carbocycles. The summed E-state index contributed by atoms with van der Waals surface area (Å²) < 4.78 is 0. The molecule has 44 heavy (non-hydrogen) atoms. The molecule has 0 fully saturated rings. The summed E-state index contributed by atoms with van der Waals surface area (Å²) in [6.07, 6.45) is 0. The van der Waals surface area contributed by atoms with Crippen LogP contribution in [0.25, 0.3) is 88.0 Å². The summed E-state index contributed by atoms with van der Waals surface area (Å²) in [4.78, 5) is 15.5. The average Bonchev–Trinajstić information content (AvgIpc) is 3.11. The van der Waals surface area contributed by atoms with Gasteiger partial charge < -0.3 is 0 Å². The van der Waals surface area contributed by atoms with Crippen molar-refractivity contribution in [2.75, 3.05) is 0 Å². The van der Waals surface area contributed by atoms with Gasteiger partial charge in [-0.2, -0.15) is 0 Å². The van der Waals surface area contributed by atoms with E-state index in [-0.39, 0.29) is 0 Å². The molecule has 0 atom stereocenters. The third-order valence-corrected chi connectivity index (χ3v) is 8.61. The minimum atomic E-state index is 0.906. The maximum absolute atomic E-state index is 5.21. The van der Waals surface area contributed by atoms with Gasteiger partial charge in [-0.1, -0.05) is 127 Å². The summed E-state index contributed by atoms with van der Waals surface area (Å²) >= 11 is 0. The van der Waals surface area contributed by atoms with E-state index in [4.69, 9.17) is 15.0 Å². The molecule has 0 saturated carbocycles. The summed E-state index contributed by atoms with van der Waals surface area (Å²) in [5.41, 5.74) is 8.86. The van der Waals surface area contributed by atoms with Gasteiger partial charge >= 0.3 is 0 Å². The number of hydrogen-bond donors (Lipinski definition) is 0. The van der Waals surface area contributed by atoms with Crippen molar-refractivity contribution in [1.29, 1.82) is 0 Å². The molecule has 0 radical (unpaired) electrons. The second-order valence-electron chi connectivity index (χ2n) is 11.2. The van der Waals surface area contributed by atoms with Crippen molar-refractivity contribution in [3.05, 3.63) is 152 Å². The SMILES string of the molecule is c1ccc(-c2ccc3ccc4ccc(-c5cccc(-c6nc7ccccc7c7c6ccc6ccccc67)c5)nc4c3n2)cc1. The zero-order valence-electron chi connectivity index (χ0n) is 23.8. The van der Waals surface area contributed by atoms with Crippen molar-refractivity contribution < 1.29 is 0 Å². The number of hydrogen-bond acceptors (Lipinski definition) is 3. The van der Waals surface area contributed by atoms with Crippen molar-refractivity contribution >= 4 is 54.3 Å². The van der Waals surface area contributed by atoms with Gasteiger partial charge in [-0.25, -0.2) is 15.0 Å². The highest BCUT2D eigenvalue weighted by Crippen LogP contribution is 2.38. The maximum Gasteiger partial charge on any atom is 0.0972 e. The lowest BCUT2D eigenvalue weighted by molar-refractivity contribution is 1.36. The first-order chi connectivity index (χ1) is 21.8. The monoisotopic (exact) mass is 559 g/mol. The van der Waals surface area contributed by atoms with E-state index in [1.807, 2.05) is 18.2 Å². The Kier molecular flexibility index (Phi) is 5.50. The second-order valence-corrected chi connectivity index (χ2v) is 11.2. The second kappa shape index (κ2) is 9.82. The van der Waals surface area contributed by atoms with Crippen molar-refractivity contribution in [2.45, 2.75) is 0 Å². The van der Waals surface area contributed by atoms with Crippen molar-refractivity contribution in [2.24, 2.45) is 0 Å². The van der Waals surface area contributed by atoms with Gasteiger partial charge in [-0.05, 0) is 35.0 Å². The molecule has 0 aliphatic rings. The molecule has 3 heterocycles. The van der Waals surface area contributed by atoms with E-state index in [1.165, 1.54) is 21.5 Å². The van der Waals surface area contributed by atoms with Crippen LogP contribution in [-0.4, -0.2) is 15.0 Å². The predicted molar refractivity (Wildman–Crippen MR) is 184 cm³/mol. The molecule has 0 bridgehead atoms. The molecule has 0 saturated heterocycles. The molecule has 3 aromatic heterocycles. The number of rotatable bonds is 3. The summed E-state index contributed by atoms with van der Waals surface area (Å²) in [5, 5.41) is 8.18. The summed E-state index contributed by atoms with van der Waals surface area (Å²) in [6.45, 7) is 0. The highest BCUT2D eigenvalue weighted by Gasteiger charge is 2.14. The smallest absolute Gasteiger partial charge is 0.0972 e. The largest absolute Gasteiger partial charge is 0.247 e. The number of benzene rings is 6. The van der Waals surface area contributed by atoms with E-state index >= 15 is 0 Å². The molecule has 0 N–H and O–H groups in total. The topological polar surface area (TPSA) is 38.7 Å². The molecule has 3 heteroatoms. The van der Waals surface area contributed by atoms with Crippen LogP contribution in [0.1, 0.15) is 0 Å². The van der Waals surface area contributed by atoms with Crippen LogP contribution >= 0.6 is 0 Å². The van der Waals surface area contributed by atoms with E-state index in [2.05, 4.69) is 133 Å². The zero-order chi connectivity index (χ0) is 29.0. The quantitative estimate of drug-likeness (QED) is 0.202. The number of para-hydroxylation sites is 1. The molecule has 0 spiro atoms. The van der Waals surface area contributed by atoms with Gasteiger partial charge in [-0.15, -0.1) is 0 Å². The Morgan fingerprint density at radius 3 is 1.73 bits per heavy atom. The number of nitrogens with zero attached hydrogens (tertiary/aromatic N) is 3. The Bertz CT molecular complexity index is 2540. The number of pyridine rings is 3. The van der Waals surface area contributed by atoms with Gasteiger partial charge in [0.25, 0.3) is 0 Å². The molecule has 0 aliphatic heterocycles. The summed E-state index contributed by atoms with van der Waals surface area (Å²) in [6, 6.07) is 53.1. The van der Waals surface area contributed by atoms with Crippen LogP contribution in [-0.2, 0) is 0 Å². The van der Waals surface area contributed by atoms with E-state index in [0.29, 0.717) is 0 Å². The van der Waals surface area contributed by atoms with Crippen molar-refractivity contribution in [1.82, 2.24) is 15.0 Å². The molecule has 204 valence electrons. The van der Waals surface area contributed by atoms with Gasteiger partial charge in [0.1, 0.15) is 0 Å². The minimum absolute atomic E-state index is 0.906. The number of fused-ring (bicyclic) bond motifs is 8. The Balaban J connectivity index is 1.23. The lowest BCUT2D eigenvalue weighted by atomic mass is 9.94. The fourth-order valence-electron chi connectivity index (χ4n) is 6.47. The summed E-state index contributed by atoms with van der Waals surface area (Å²) in [5.74, 6) is 0. The number of aromatic nitrogens is 3. The van der Waals surface area contributed by atoms with E-state index in [9.17, 15) is 0 Å². The highest BCUT2D eigenvalue weighted by atomic mass is 14.8. The van der Waals surface area contributed by atoms with E-state index in [1.54, 1.807) is 0 Å². The lowest BCUT2D eigenvalue weighted by Crippen LogP contribution is -1.93. The van der Waals surface area contributed by atoms with E-state index < -0.39 is 0 Å². The fraction of sp³-hybridized carbons (Fsp3) is 0. The van der Waals surface area contributed by atoms with Gasteiger partial charge in [0.15, 0.2) is 0 Å². The molecular weight excluding hydrogens is 534 g/mol. The Labute approximate surface area is 254 Å². The first kappa shape index (κ1) is 24.6. The Hall–Kier alpha value is -5.93. The van der Waals surface area contributed by atoms with Gasteiger partial charge in [-0.3, -0.25) is 0 Å². The van der Waals surface area contributed by atoms with Crippen LogP contribution in [0.5, 0.6) is 0 Å². The standard InChI is InChI=1S/C41H25N3/c1-2-10-27(11-3-1)35-23-20-28-17-18-29-21-24-36(43-41(29)40(28)42-35)30-12-8-13-31(25-30)39-34-22-19-26-9-4-5-14-32(26)38(34)33-15-6-7-16-37(33)44-39/h1-25H. The normalized spacial score (nSPS) is 11.6. The molecular formula is C41H25N3. The molecule has 0 unspecified atom stereocenters. The van der Waals surface area contributed by atoms with Crippen LogP contribution in [0.4, 0.5) is 0 Å². The molecule has 3 nitrogen and oxygen atoms in total. The maximum atomic E-state index is 5.21. The molecule has 9 rings (SSSR count). The Morgan fingerprint density at radius 2 is 0.932 bits per heavy atom. The zero-order valence-corrected chi connectivity index (χ0v) is 23.8. The lowest BCUT2D eigenvalue weighted by Gasteiger charge is -2.13. The highest BCUT2D eigenvalue weighted by molar-refractivity contribution is 6.22. The van der Waals surface area contributed by atoms with Crippen molar-refractivity contribution in [3.8, 4) is 33.8 Å². The van der Waals surface area contributed by atoms with Gasteiger partial charge in [0.2, 0.25) is 0 Å². The van der Waals surface area contributed by atoms with E-state index in [0.717, 1.165) is 66.5 Å². The average molecular weight is 560 g/mol. The molecule has 9 aromatic rings. The minimum Gasteiger partial charge on any atom is -0.247 e. The molecule has 0 amide bonds. The van der Waals surface area contributed by atoms with Crippen LogP contribution in [0.3, 0.4) is 0 Å².